The van der Waals surface area contributed by atoms with Gasteiger partial charge in [-0.1, -0.05) is 46.9 Å². The lowest BCUT2D eigenvalue weighted by atomic mass is 10.1. The Balaban J connectivity index is 2.32. The van der Waals surface area contributed by atoms with Gasteiger partial charge in [0.1, 0.15) is 21.9 Å². The number of nitrogens with zero attached hydrogens (tertiary/aromatic N) is 4. The highest BCUT2D eigenvalue weighted by Crippen LogP contribution is 2.34. The molecule has 0 aliphatic carbocycles. The average Bonchev–Trinajstić information content (AvgIpc) is 2.84. The fraction of sp³-hybridized carbons (Fsp3) is 0. The molecule has 0 saturated carbocycles. The molecular formula is C13H5Cl3N4. The number of aromatic nitrogens is 3. The van der Waals surface area contributed by atoms with Crippen molar-refractivity contribution in [3.8, 4) is 17.2 Å². The van der Waals surface area contributed by atoms with Crippen LogP contribution in [0.2, 0.25) is 15.3 Å². The van der Waals surface area contributed by atoms with Gasteiger partial charge in [0.05, 0.1) is 11.8 Å². The third-order valence-corrected chi connectivity index (χ3v) is 3.67. The van der Waals surface area contributed by atoms with Crippen LogP contribution in [0.3, 0.4) is 0 Å². The van der Waals surface area contributed by atoms with Crippen molar-refractivity contribution in [2.24, 2.45) is 0 Å². The van der Waals surface area contributed by atoms with Gasteiger partial charge in [0.25, 0.3) is 0 Å². The van der Waals surface area contributed by atoms with Crippen LogP contribution in [0.1, 0.15) is 5.56 Å². The molecule has 0 aliphatic rings. The lowest BCUT2D eigenvalue weighted by Crippen LogP contribution is -1.97. The van der Waals surface area contributed by atoms with E-state index in [9.17, 15) is 0 Å². The number of fused-ring (bicyclic) bond motifs is 1. The van der Waals surface area contributed by atoms with Crippen LogP contribution < -0.4 is 0 Å². The molecule has 7 heteroatoms. The normalized spacial score (nSPS) is 10.7. The Hall–Kier alpha value is -1.80. The maximum atomic E-state index is 8.98. The fourth-order valence-electron chi connectivity index (χ4n) is 1.87. The lowest BCUT2D eigenvalue weighted by Gasteiger charge is -2.08. The van der Waals surface area contributed by atoms with E-state index >= 15 is 0 Å². The van der Waals surface area contributed by atoms with Crippen LogP contribution in [0.15, 0.2) is 30.5 Å². The third-order valence-electron chi connectivity index (χ3n) is 2.80. The second-order valence-electron chi connectivity index (χ2n) is 3.98. The smallest absolute Gasteiger partial charge is 0.176 e. The molecule has 0 atom stereocenters. The molecule has 3 aromatic rings. The van der Waals surface area contributed by atoms with Gasteiger partial charge < -0.3 is 0 Å². The van der Waals surface area contributed by atoms with Gasteiger partial charge in [-0.3, -0.25) is 0 Å². The van der Waals surface area contributed by atoms with Gasteiger partial charge in [0.2, 0.25) is 0 Å². The zero-order valence-electron chi connectivity index (χ0n) is 9.81. The Morgan fingerprint density at radius 2 is 1.80 bits per heavy atom. The van der Waals surface area contributed by atoms with Crippen molar-refractivity contribution in [2.45, 2.75) is 0 Å². The van der Waals surface area contributed by atoms with Crippen molar-refractivity contribution in [2.75, 3.05) is 0 Å². The van der Waals surface area contributed by atoms with E-state index in [0.717, 1.165) is 5.56 Å². The molecule has 0 aliphatic heterocycles. The molecule has 0 bridgehead atoms. The van der Waals surface area contributed by atoms with Crippen molar-refractivity contribution in [1.29, 1.82) is 5.26 Å². The van der Waals surface area contributed by atoms with Crippen molar-refractivity contribution in [3.05, 3.63) is 51.4 Å². The molecule has 98 valence electrons. The number of hydrogen-bond acceptors (Lipinski definition) is 3. The first-order valence-corrected chi connectivity index (χ1v) is 6.64. The molecule has 0 N–H and O–H groups in total. The summed E-state index contributed by atoms with van der Waals surface area (Å²) in [6.45, 7) is 0. The largest absolute Gasteiger partial charge is 0.215 e. The first kappa shape index (κ1) is 13.2. The highest BCUT2D eigenvalue weighted by molar-refractivity contribution is 6.38. The molecule has 20 heavy (non-hydrogen) atoms. The molecule has 2 heterocycles. The van der Waals surface area contributed by atoms with Crippen LogP contribution in [0.25, 0.3) is 16.8 Å². The quantitative estimate of drug-likeness (QED) is 0.630. The zero-order chi connectivity index (χ0) is 14.3. The zero-order valence-corrected chi connectivity index (χ0v) is 12.1. The molecule has 3 rings (SSSR count). The Bertz CT molecular complexity index is 847. The van der Waals surface area contributed by atoms with Crippen molar-refractivity contribution >= 4 is 40.4 Å². The van der Waals surface area contributed by atoms with Crippen LogP contribution in [-0.4, -0.2) is 14.6 Å². The summed E-state index contributed by atoms with van der Waals surface area (Å²) in [6.07, 6.45) is 1.40. The van der Waals surface area contributed by atoms with E-state index in [1.165, 1.54) is 10.7 Å². The maximum Gasteiger partial charge on any atom is 0.176 e. The average molecular weight is 324 g/mol. The van der Waals surface area contributed by atoms with Gasteiger partial charge in [-0.25, -0.2) is 9.50 Å². The fourth-order valence-corrected chi connectivity index (χ4v) is 2.64. The number of nitriles is 1. The highest BCUT2D eigenvalue weighted by atomic mass is 35.5. The summed E-state index contributed by atoms with van der Waals surface area (Å²) in [5.74, 6) is 0. The standard InChI is InChI=1S/C13H5Cl3N4/c14-9-3-1-7(2-4-9)10-11(15)19-13-8(5-17)6-18-20(13)12(10)16/h1-4,6H. The number of halogens is 3. The monoisotopic (exact) mass is 322 g/mol. The Kier molecular flexibility index (Phi) is 3.27. The molecule has 0 amide bonds. The van der Waals surface area contributed by atoms with E-state index in [0.29, 0.717) is 26.9 Å². The van der Waals surface area contributed by atoms with Gasteiger partial charge in [0.15, 0.2) is 5.65 Å². The summed E-state index contributed by atoms with van der Waals surface area (Å²) in [7, 11) is 0. The molecular weight excluding hydrogens is 319 g/mol. The van der Waals surface area contributed by atoms with Crippen LogP contribution in [0.5, 0.6) is 0 Å². The summed E-state index contributed by atoms with van der Waals surface area (Å²) in [5, 5.41) is 14.1. The molecule has 0 saturated heterocycles. The molecule has 4 nitrogen and oxygen atoms in total. The van der Waals surface area contributed by atoms with Gasteiger partial charge in [-0.05, 0) is 17.7 Å². The number of rotatable bonds is 1. The summed E-state index contributed by atoms with van der Waals surface area (Å²) in [6, 6.07) is 9.04. The maximum absolute atomic E-state index is 8.98. The number of benzene rings is 1. The summed E-state index contributed by atoms with van der Waals surface area (Å²) < 4.78 is 1.38. The Morgan fingerprint density at radius 3 is 2.45 bits per heavy atom. The van der Waals surface area contributed by atoms with E-state index < -0.39 is 0 Å². The number of hydrogen-bond donors (Lipinski definition) is 0. The van der Waals surface area contributed by atoms with Gasteiger partial charge in [-0.2, -0.15) is 10.4 Å². The predicted octanol–water partition coefficient (Wildman–Crippen LogP) is 4.23. The highest BCUT2D eigenvalue weighted by Gasteiger charge is 2.17. The van der Waals surface area contributed by atoms with Crippen molar-refractivity contribution in [3.63, 3.8) is 0 Å². The van der Waals surface area contributed by atoms with Crippen LogP contribution in [0, 0.1) is 11.3 Å². The molecule has 2 aromatic heterocycles. The minimum atomic E-state index is 0.210. The minimum absolute atomic E-state index is 0.210. The second kappa shape index (κ2) is 4.95. The molecule has 0 radical (unpaired) electrons. The van der Waals surface area contributed by atoms with E-state index in [-0.39, 0.29) is 5.15 Å². The summed E-state index contributed by atoms with van der Waals surface area (Å²) in [5.41, 5.74) is 1.97. The summed E-state index contributed by atoms with van der Waals surface area (Å²) >= 11 is 18.4. The predicted molar refractivity (Wildman–Crippen MR) is 78.2 cm³/mol. The van der Waals surface area contributed by atoms with Gasteiger partial charge >= 0.3 is 0 Å². The topological polar surface area (TPSA) is 54.0 Å². The van der Waals surface area contributed by atoms with Crippen LogP contribution in [0.4, 0.5) is 0 Å². The first-order valence-electron chi connectivity index (χ1n) is 5.50. The minimum Gasteiger partial charge on any atom is -0.215 e. The molecule has 0 unspecified atom stereocenters. The third kappa shape index (κ3) is 2.01. The van der Waals surface area contributed by atoms with E-state index in [2.05, 4.69) is 10.1 Å². The summed E-state index contributed by atoms with van der Waals surface area (Å²) in [4.78, 5) is 4.19. The van der Waals surface area contributed by atoms with E-state index in [4.69, 9.17) is 40.1 Å². The second-order valence-corrected chi connectivity index (χ2v) is 5.13. The Labute approximate surface area is 129 Å². The van der Waals surface area contributed by atoms with Crippen LogP contribution in [-0.2, 0) is 0 Å². The van der Waals surface area contributed by atoms with Crippen LogP contribution >= 0.6 is 34.8 Å². The van der Waals surface area contributed by atoms with Crippen molar-refractivity contribution in [1.82, 2.24) is 14.6 Å². The lowest BCUT2D eigenvalue weighted by molar-refractivity contribution is 0.942. The molecule has 0 spiro atoms. The van der Waals surface area contributed by atoms with Gasteiger partial charge in [-0.15, -0.1) is 0 Å². The van der Waals surface area contributed by atoms with E-state index in [1.807, 2.05) is 6.07 Å². The Morgan fingerprint density at radius 1 is 1.10 bits per heavy atom. The van der Waals surface area contributed by atoms with Crippen molar-refractivity contribution < 1.29 is 0 Å². The van der Waals surface area contributed by atoms with Gasteiger partial charge in [0, 0.05) is 5.02 Å². The molecule has 1 aromatic carbocycles. The first-order chi connectivity index (χ1) is 9.61. The molecule has 0 fully saturated rings. The SMILES string of the molecule is N#Cc1cnn2c(Cl)c(-c3ccc(Cl)cc3)c(Cl)nc12. The van der Waals surface area contributed by atoms with E-state index in [1.54, 1.807) is 24.3 Å².